The number of carbonyl (C=O) groups is 2. The van der Waals surface area contributed by atoms with Crippen LogP contribution in [0.15, 0.2) is 48.5 Å². The number of hydrogen-bond acceptors (Lipinski definition) is 3. The maximum absolute atomic E-state index is 12.0. The molecule has 26 heavy (non-hydrogen) atoms. The Kier molecular flexibility index (Phi) is 4.85. The van der Waals surface area contributed by atoms with E-state index in [1.54, 1.807) is 6.07 Å². The SMILES string of the molecule is O=C1NC(=O)c2c(CCCN3CCC(c4ccccc4)CC3)cccc21. The molecular formula is C22H24N2O2. The van der Waals surface area contributed by atoms with Crippen molar-refractivity contribution in [1.82, 2.24) is 10.2 Å². The van der Waals surface area contributed by atoms with E-state index in [-0.39, 0.29) is 11.8 Å². The van der Waals surface area contributed by atoms with Crippen LogP contribution in [0.3, 0.4) is 0 Å². The Hall–Kier alpha value is -2.46. The second kappa shape index (κ2) is 7.42. The third-order valence-electron chi connectivity index (χ3n) is 5.63. The van der Waals surface area contributed by atoms with E-state index in [1.165, 1.54) is 18.4 Å². The number of carbonyl (C=O) groups excluding carboxylic acids is 2. The summed E-state index contributed by atoms with van der Waals surface area (Å²) in [4.78, 5) is 26.3. The summed E-state index contributed by atoms with van der Waals surface area (Å²) in [7, 11) is 0. The first kappa shape index (κ1) is 17.0. The quantitative estimate of drug-likeness (QED) is 0.843. The lowest BCUT2D eigenvalue weighted by Crippen LogP contribution is -2.33. The first-order chi connectivity index (χ1) is 12.7. The van der Waals surface area contributed by atoms with Gasteiger partial charge in [0.1, 0.15) is 0 Å². The Balaban J connectivity index is 1.29. The summed E-state index contributed by atoms with van der Waals surface area (Å²) < 4.78 is 0. The minimum absolute atomic E-state index is 0.246. The van der Waals surface area contributed by atoms with Gasteiger partial charge in [-0.15, -0.1) is 0 Å². The van der Waals surface area contributed by atoms with Crippen molar-refractivity contribution in [3.63, 3.8) is 0 Å². The lowest BCUT2D eigenvalue weighted by Gasteiger charge is -2.32. The zero-order valence-corrected chi connectivity index (χ0v) is 14.9. The molecule has 2 amide bonds. The molecule has 2 heterocycles. The van der Waals surface area contributed by atoms with Gasteiger partial charge in [-0.1, -0.05) is 42.5 Å². The van der Waals surface area contributed by atoms with Gasteiger partial charge in [-0.2, -0.15) is 0 Å². The number of piperidine rings is 1. The van der Waals surface area contributed by atoms with Crippen molar-refractivity contribution in [3.05, 3.63) is 70.8 Å². The molecule has 0 spiro atoms. The molecule has 0 atom stereocenters. The number of hydrogen-bond donors (Lipinski definition) is 1. The van der Waals surface area contributed by atoms with E-state index in [0.717, 1.165) is 38.0 Å². The summed E-state index contributed by atoms with van der Waals surface area (Å²) in [6.07, 6.45) is 4.26. The Labute approximate surface area is 154 Å². The molecule has 4 rings (SSSR count). The van der Waals surface area contributed by atoms with Gasteiger partial charge in [0.05, 0.1) is 11.1 Å². The van der Waals surface area contributed by atoms with Crippen LogP contribution >= 0.6 is 0 Å². The lowest BCUT2D eigenvalue weighted by molar-refractivity contribution is 0.0879. The topological polar surface area (TPSA) is 49.4 Å². The average molecular weight is 348 g/mol. The summed E-state index contributed by atoms with van der Waals surface area (Å²) in [6.45, 7) is 3.30. The molecule has 0 unspecified atom stereocenters. The number of fused-ring (bicyclic) bond motifs is 1. The van der Waals surface area contributed by atoms with Crippen LogP contribution in [0, 0.1) is 0 Å². The Bertz CT molecular complexity index is 808. The highest BCUT2D eigenvalue weighted by Gasteiger charge is 2.28. The monoisotopic (exact) mass is 348 g/mol. The van der Waals surface area contributed by atoms with Crippen molar-refractivity contribution >= 4 is 11.8 Å². The molecule has 4 nitrogen and oxygen atoms in total. The molecule has 0 bridgehead atoms. The van der Waals surface area contributed by atoms with Gasteiger partial charge in [-0.25, -0.2) is 0 Å². The van der Waals surface area contributed by atoms with Crippen molar-refractivity contribution < 1.29 is 9.59 Å². The van der Waals surface area contributed by atoms with E-state index in [9.17, 15) is 9.59 Å². The van der Waals surface area contributed by atoms with Gasteiger partial charge in [0, 0.05) is 0 Å². The first-order valence-electron chi connectivity index (χ1n) is 9.47. The van der Waals surface area contributed by atoms with Crippen LogP contribution in [0.1, 0.15) is 57.0 Å². The summed E-state index contributed by atoms with van der Waals surface area (Å²) in [5.74, 6) is 0.165. The van der Waals surface area contributed by atoms with E-state index < -0.39 is 0 Å². The number of imide groups is 1. The molecule has 134 valence electrons. The van der Waals surface area contributed by atoms with Crippen LogP contribution in [0.4, 0.5) is 0 Å². The first-order valence-corrected chi connectivity index (χ1v) is 9.47. The number of aryl methyl sites for hydroxylation is 1. The molecule has 0 aliphatic carbocycles. The molecule has 1 fully saturated rings. The Morgan fingerprint density at radius 3 is 2.46 bits per heavy atom. The Morgan fingerprint density at radius 1 is 0.923 bits per heavy atom. The van der Waals surface area contributed by atoms with Crippen molar-refractivity contribution in [2.75, 3.05) is 19.6 Å². The van der Waals surface area contributed by atoms with Gasteiger partial charge in [-0.05, 0) is 68.4 Å². The maximum Gasteiger partial charge on any atom is 0.259 e. The standard InChI is InChI=1S/C22H24N2O2/c25-21-19-10-4-8-18(20(19)22(26)23-21)9-5-13-24-14-11-17(12-15-24)16-6-2-1-3-7-16/h1-4,6-8,10,17H,5,9,11-15H2,(H,23,25,26). The van der Waals surface area contributed by atoms with Crippen LogP contribution in [0.5, 0.6) is 0 Å². The summed E-state index contributed by atoms with van der Waals surface area (Å²) in [5.41, 5.74) is 3.56. The minimum atomic E-state index is -0.269. The molecular weight excluding hydrogens is 324 g/mol. The highest BCUT2D eigenvalue weighted by molar-refractivity contribution is 6.22. The number of likely N-dealkylation sites (tertiary alicyclic amines) is 1. The molecule has 0 radical (unpaired) electrons. The Morgan fingerprint density at radius 2 is 1.69 bits per heavy atom. The van der Waals surface area contributed by atoms with Gasteiger partial charge in [-0.3, -0.25) is 14.9 Å². The molecule has 2 aromatic carbocycles. The summed E-state index contributed by atoms with van der Waals surface area (Å²) >= 11 is 0. The van der Waals surface area contributed by atoms with Crippen LogP contribution in [0.25, 0.3) is 0 Å². The van der Waals surface area contributed by atoms with Gasteiger partial charge in [0.2, 0.25) is 0 Å². The van der Waals surface area contributed by atoms with E-state index in [1.807, 2.05) is 12.1 Å². The van der Waals surface area contributed by atoms with Gasteiger partial charge in [0.25, 0.3) is 11.8 Å². The fourth-order valence-electron chi connectivity index (χ4n) is 4.21. The number of nitrogens with one attached hydrogen (secondary N) is 1. The van der Waals surface area contributed by atoms with Crippen LogP contribution in [0.2, 0.25) is 0 Å². The fourth-order valence-corrected chi connectivity index (χ4v) is 4.21. The number of rotatable bonds is 5. The van der Waals surface area contributed by atoms with Crippen molar-refractivity contribution in [2.24, 2.45) is 0 Å². The average Bonchev–Trinajstić information content (AvgIpc) is 2.98. The number of nitrogens with zero attached hydrogens (tertiary/aromatic N) is 1. The third-order valence-corrected chi connectivity index (χ3v) is 5.63. The van der Waals surface area contributed by atoms with Crippen LogP contribution in [-0.2, 0) is 6.42 Å². The molecule has 4 heteroatoms. The molecule has 0 saturated carbocycles. The highest BCUT2D eigenvalue weighted by Crippen LogP contribution is 2.28. The molecule has 0 aromatic heterocycles. The van der Waals surface area contributed by atoms with E-state index >= 15 is 0 Å². The number of benzene rings is 2. The molecule has 2 aliphatic heterocycles. The van der Waals surface area contributed by atoms with Crippen molar-refractivity contribution in [3.8, 4) is 0 Å². The molecule has 1 N–H and O–H groups in total. The van der Waals surface area contributed by atoms with Gasteiger partial charge in [0.15, 0.2) is 0 Å². The van der Waals surface area contributed by atoms with Crippen LogP contribution < -0.4 is 5.32 Å². The second-order valence-electron chi connectivity index (χ2n) is 7.25. The van der Waals surface area contributed by atoms with Gasteiger partial charge < -0.3 is 4.90 Å². The third kappa shape index (κ3) is 3.42. The molecule has 2 aromatic rings. The van der Waals surface area contributed by atoms with Crippen LogP contribution in [-0.4, -0.2) is 36.3 Å². The van der Waals surface area contributed by atoms with E-state index in [4.69, 9.17) is 0 Å². The largest absolute Gasteiger partial charge is 0.303 e. The lowest BCUT2D eigenvalue weighted by atomic mass is 9.89. The maximum atomic E-state index is 12.0. The normalized spacial score (nSPS) is 18.0. The highest BCUT2D eigenvalue weighted by atomic mass is 16.2. The summed E-state index contributed by atoms with van der Waals surface area (Å²) in [6, 6.07) is 16.4. The van der Waals surface area contributed by atoms with Crippen molar-refractivity contribution in [2.45, 2.75) is 31.6 Å². The number of amides is 2. The summed E-state index contributed by atoms with van der Waals surface area (Å²) in [5, 5.41) is 2.39. The fraction of sp³-hybridized carbons (Fsp3) is 0.364. The predicted molar refractivity (Wildman–Crippen MR) is 101 cm³/mol. The van der Waals surface area contributed by atoms with E-state index in [0.29, 0.717) is 17.0 Å². The predicted octanol–water partition coefficient (Wildman–Crippen LogP) is 3.38. The smallest absolute Gasteiger partial charge is 0.259 e. The molecule has 2 aliphatic rings. The van der Waals surface area contributed by atoms with Gasteiger partial charge >= 0.3 is 0 Å². The van der Waals surface area contributed by atoms with E-state index in [2.05, 4.69) is 40.5 Å². The second-order valence-corrected chi connectivity index (χ2v) is 7.25. The molecule has 1 saturated heterocycles. The minimum Gasteiger partial charge on any atom is -0.303 e. The van der Waals surface area contributed by atoms with Crippen molar-refractivity contribution in [1.29, 1.82) is 0 Å². The zero-order valence-electron chi connectivity index (χ0n) is 14.9. The zero-order chi connectivity index (χ0) is 17.9.